The van der Waals surface area contributed by atoms with Crippen LogP contribution >= 0.6 is 0 Å². The number of aliphatic carboxylic acids is 1. The van der Waals surface area contributed by atoms with Crippen molar-refractivity contribution < 1.29 is 27.9 Å². The van der Waals surface area contributed by atoms with Crippen LogP contribution in [0.15, 0.2) is 65.7 Å². The van der Waals surface area contributed by atoms with Crippen molar-refractivity contribution in [1.29, 1.82) is 0 Å². The predicted molar refractivity (Wildman–Crippen MR) is 143 cm³/mol. The fraction of sp³-hybridized carbons (Fsp3) is 0.280. The molecule has 3 aromatic rings. The second kappa shape index (κ2) is 12.2. The molecule has 0 saturated heterocycles. The third-order valence-electron chi connectivity index (χ3n) is 5.27. The van der Waals surface area contributed by atoms with Gasteiger partial charge in [0.1, 0.15) is 17.7 Å². The average Bonchev–Trinajstić information content (AvgIpc) is 2.88. The second-order valence-electron chi connectivity index (χ2n) is 8.72. The highest BCUT2D eigenvalue weighted by Gasteiger charge is 2.22. The van der Waals surface area contributed by atoms with E-state index in [-0.39, 0.29) is 22.8 Å². The summed E-state index contributed by atoms with van der Waals surface area (Å²) in [6.07, 6.45) is 0.941. The number of anilines is 3. The Kier molecular flexibility index (Phi) is 9.07. The maximum Gasteiger partial charge on any atom is 0.414 e. The van der Waals surface area contributed by atoms with E-state index < -0.39 is 33.8 Å². The zero-order valence-electron chi connectivity index (χ0n) is 21.5. The standard InChI is InChI=1S/C25H30N6O6S/c1-30(2)24-26-15-21(27-16-38(35,36)19-8-6-5-7-9-19)22(29-24)28-20(23(32)33)14-17-10-12-18(13-11-17)37-25(34)31(3)4/h5-13,15,20,27H,14,16H2,1-4H3,(H,32,33)(H,26,28,29). The van der Waals surface area contributed by atoms with E-state index >= 15 is 0 Å². The first kappa shape index (κ1) is 28.2. The minimum Gasteiger partial charge on any atom is -0.480 e. The molecule has 0 fully saturated rings. The van der Waals surface area contributed by atoms with Gasteiger partial charge in [0.25, 0.3) is 0 Å². The van der Waals surface area contributed by atoms with E-state index in [1.807, 2.05) is 0 Å². The second-order valence-corrected chi connectivity index (χ2v) is 10.7. The summed E-state index contributed by atoms with van der Waals surface area (Å²) in [4.78, 5) is 35.5. The van der Waals surface area contributed by atoms with Crippen LogP contribution in [0.3, 0.4) is 0 Å². The van der Waals surface area contributed by atoms with Crippen molar-refractivity contribution in [3.05, 3.63) is 66.4 Å². The van der Waals surface area contributed by atoms with Crippen LogP contribution in [0, 0.1) is 0 Å². The van der Waals surface area contributed by atoms with Gasteiger partial charge in [-0.25, -0.2) is 23.0 Å². The molecule has 202 valence electrons. The predicted octanol–water partition coefficient (Wildman–Crippen LogP) is 2.55. The number of carbonyl (C=O) groups excluding carboxylic acids is 1. The van der Waals surface area contributed by atoms with Crippen LogP contribution in [0.5, 0.6) is 5.75 Å². The van der Waals surface area contributed by atoms with E-state index in [0.29, 0.717) is 17.3 Å². The van der Waals surface area contributed by atoms with E-state index in [0.717, 1.165) is 0 Å². The summed E-state index contributed by atoms with van der Waals surface area (Å²) in [6.45, 7) is 0. The van der Waals surface area contributed by atoms with Crippen molar-refractivity contribution in [2.24, 2.45) is 0 Å². The lowest BCUT2D eigenvalue weighted by molar-refractivity contribution is -0.137. The smallest absolute Gasteiger partial charge is 0.414 e. The third kappa shape index (κ3) is 7.56. The van der Waals surface area contributed by atoms with Gasteiger partial charge < -0.3 is 30.3 Å². The summed E-state index contributed by atoms with van der Waals surface area (Å²) < 4.78 is 30.7. The molecule has 0 radical (unpaired) electrons. The number of nitrogens with one attached hydrogen (secondary N) is 2. The molecule has 2 aromatic carbocycles. The Morgan fingerprint density at radius 2 is 1.68 bits per heavy atom. The van der Waals surface area contributed by atoms with Crippen LogP contribution < -0.4 is 20.3 Å². The number of hydrogen-bond donors (Lipinski definition) is 3. The van der Waals surface area contributed by atoms with Gasteiger partial charge in [0.15, 0.2) is 15.7 Å². The molecule has 3 N–H and O–H groups in total. The number of carboxylic acid groups (broad SMARTS) is 1. The fourth-order valence-electron chi connectivity index (χ4n) is 3.20. The van der Waals surface area contributed by atoms with Gasteiger partial charge in [-0.2, -0.15) is 4.98 Å². The third-order valence-corrected chi connectivity index (χ3v) is 6.79. The van der Waals surface area contributed by atoms with Crippen LogP contribution in [-0.4, -0.2) is 80.6 Å². The minimum atomic E-state index is -3.67. The summed E-state index contributed by atoms with van der Waals surface area (Å²) in [7, 11) is 2.91. The Morgan fingerprint density at radius 3 is 2.26 bits per heavy atom. The Hall–Kier alpha value is -4.39. The van der Waals surface area contributed by atoms with Crippen molar-refractivity contribution in [2.75, 3.05) is 49.6 Å². The van der Waals surface area contributed by atoms with E-state index in [9.17, 15) is 23.1 Å². The molecule has 1 aromatic heterocycles. The van der Waals surface area contributed by atoms with Crippen LogP contribution in [0.2, 0.25) is 0 Å². The lowest BCUT2D eigenvalue weighted by Crippen LogP contribution is -2.32. The van der Waals surface area contributed by atoms with Crippen LogP contribution in [0.1, 0.15) is 5.56 Å². The molecule has 0 aliphatic heterocycles. The normalized spacial score (nSPS) is 11.8. The van der Waals surface area contributed by atoms with E-state index in [4.69, 9.17) is 4.74 Å². The van der Waals surface area contributed by atoms with Crippen molar-refractivity contribution >= 4 is 39.4 Å². The molecule has 0 aliphatic rings. The first-order valence-electron chi connectivity index (χ1n) is 11.5. The first-order valence-corrected chi connectivity index (χ1v) is 13.1. The van der Waals surface area contributed by atoms with Crippen LogP contribution in [0.25, 0.3) is 0 Å². The zero-order valence-corrected chi connectivity index (χ0v) is 22.3. The number of nitrogens with zero attached hydrogens (tertiary/aromatic N) is 4. The van der Waals surface area contributed by atoms with Crippen molar-refractivity contribution in [1.82, 2.24) is 14.9 Å². The number of carbonyl (C=O) groups is 2. The lowest BCUT2D eigenvalue weighted by Gasteiger charge is -2.20. The summed E-state index contributed by atoms with van der Waals surface area (Å²) in [5.41, 5.74) is 0.893. The molecular weight excluding hydrogens is 512 g/mol. The zero-order chi connectivity index (χ0) is 27.9. The molecular formula is C25H30N6O6S. The quantitative estimate of drug-likeness (QED) is 0.327. The first-order chi connectivity index (χ1) is 18.0. The van der Waals surface area contributed by atoms with Gasteiger partial charge in [0.2, 0.25) is 5.95 Å². The topological polar surface area (TPSA) is 154 Å². The van der Waals surface area contributed by atoms with Gasteiger partial charge in [-0.3, -0.25) is 0 Å². The number of aromatic nitrogens is 2. The number of sulfone groups is 1. The highest BCUT2D eigenvalue weighted by atomic mass is 32.2. The number of benzene rings is 2. The molecule has 13 heteroatoms. The van der Waals surface area contributed by atoms with Crippen molar-refractivity contribution in [2.45, 2.75) is 17.4 Å². The maximum absolute atomic E-state index is 12.7. The van der Waals surface area contributed by atoms with E-state index in [1.165, 1.54) is 23.2 Å². The van der Waals surface area contributed by atoms with E-state index in [2.05, 4.69) is 20.6 Å². The molecule has 0 bridgehead atoms. The molecule has 0 saturated carbocycles. The van der Waals surface area contributed by atoms with Gasteiger partial charge in [-0.1, -0.05) is 30.3 Å². The number of carboxylic acids is 1. The lowest BCUT2D eigenvalue weighted by atomic mass is 10.1. The molecule has 1 atom stereocenters. The van der Waals surface area contributed by atoms with Crippen LogP contribution in [-0.2, 0) is 21.1 Å². The summed E-state index contributed by atoms with van der Waals surface area (Å²) in [6, 6.07) is 13.3. The van der Waals surface area contributed by atoms with Gasteiger partial charge in [0.05, 0.1) is 16.8 Å². The molecule has 1 unspecified atom stereocenters. The molecule has 38 heavy (non-hydrogen) atoms. The highest BCUT2D eigenvalue weighted by Crippen LogP contribution is 2.24. The molecule has 12 nitrogen and oxygen atoms in total. The fourth-order valence-corrected chi connectivity index (χ4v) is 4.28. The molecule has 1 amide bonds. The number of ether oxygens (including phenoxy) is 1. The maximum atomic E-state index is 12.7. The van der Waals surface area contributed by atoms with Gasteiger partial charge in [-0.15, -0.1) is 0 Å². The molecule has 3 rings (SSSR count). The van der Waals surface area contributed by atoms with Crippen molar-refractivity contribution in [3.63, 3.8) is 0 Å². The molecule has 1 heterocycles. The Balaban J connectivity index is 1.80. The Morgan fingerprint density at radius 1 is 1.03 bits per heavy atom. The SMILES string of the molecule is CN(C)C(=O)Oc1ccc(CC(Nc2nc(N(C)C)ncc2NCS(=O)(=O)c2ccccc2)C(=O)O)cc1. The molecule has 0 aliphatic carbocycles. The van der Waals surface area contributed by atoms with Crippen LogP contribution in [0.4, 0.5) is 22.2 Å². The van der Waals surface area contributed by atoms with Gasteiger partial charge in [0, 0.05) is 34.6 Å². The number of hydrogen-bond acceptors (Lipinski definition) is 10. The number of rotatable bonds is 11. The summed E-state index contributed by atoms with van der Waals surface area (Å²) >= 11 is 0. The summed E-state index contributed by atoms with van der Waals surface area (Å²) in [5.74, 6) is -0.816. The largest absolute Gasteiger partial charge is 0.480 e. The Bertz CT molecular complexity index is 1360. The molecule has 0 spiro atoms. The Labute approximate surface area is 221 Å². The van der Waals surface area contributed by atoms with Gasteiger partial charge in [-0.05, 0) is 29.8 Å². The highest BCUT2D eigenvalue weighted by molar-refractivity contribution is 7.91. The van der Waals surface area contributed by atoms with Crippen molar-refractivity contribution in [3.8, 4) is 5.75 Å². The summed E-state index contributed by atoms with van der Waals surface area (Å²) in [5, 5.41) is 15.6. The van der Waals surface area contributed by atoms with E-state index in [1.54, 1.807) is 75.6 Å². The monoisotopic (exact) mass is 542 g/mol. The number of amides is 1. The minimum absolute atomic E-state index is 0.0697. The average molecular weight is 543 g/mol. The van der Waals surface area contributed by atoms with Gasteiger partial charge >= 0.3 is 12.1 Å².